The number of halogens is 1. The molecule has 3 nitrogen and oxygen atoms in total. The van der Waals surface area contributed by atoms with Crippen molar-refractivity contribution in [3.8, 4) is 0 Å². The van der Waals surface area contributed by atoms with Crippen LogP contribution in [0.25, 0.3) is 0 Å². The first-order valence-electron chi connectivity index (χ1n) is 5.84. The van der Waals surface area contributed by atoms with Gasteiger partial charge in [-0.3, -0.25) is 0 Å². The Bertz CT molecular complexity index is 583. The molecule has 1 aromatic carbocycles. The minimum absolute atomic E-state index is 0.0666. The van der Waals surface area contributed by atoms with Gasteiger partial charge in [0.15, 0.2) is 0 Å². The summed E-state index contributed by atoms with van der Waals surface area (Å²) in [7, 11) is 0. The zero-order valence-electron chi connectivity index (χ0n) is 10.4. The smallest absolute Gasteiger partial charge is 0.126 e. The minimum Gasteiger partial charge on any atom is -0.389 e. The summed E-state index contributed by atoms with van der Waals surface area (Å²) in [5.74, 6) is 0.757. The van der Waals surface area contributed by atoms with Gasteiger partial charge in [-0.1, -0.05) is 42.0 Å². The van der Waals surface area contributed by atoms with Gasteiger partial charge in [0.25, 0.3) is 0 Å². The molecule has 2 aromatic rings. The van der Waals surface area contributed by atoms with Crippen molar-refractivity contribution in [1.82, 2.24) is 4.98 Å². The van der Waals surface area contributed by atoms with Crippen molar-refractivity contribution in [3.05, 3.63) is 58.7 Å². The van der Waals surface area contributed by atoms with Crippen LogP contribution >= 0.6 is 23.8 Å². The fourth-order valence-electron chi connectivity index (χ4n) is 1.75. The van der Waals surface area contributed by atoms with E-state index in [2.05, 4.69) is 10.3 Å². The maximum Gasteiger partial charge on any atom is 0.126 e. The summed E-state index contributed by atoms with van der Waals surface area (Å²) in [6, 6.07) is 11.5. The summed E-state index contributed by atoms with van der Waals surface area (Å²) in [5.41, 5.74) is 7.32. The molecular formula is C14H14ClN3S. The largest absolute Gasteiger partial charge is 0.389 e. The van der Waals surface area contributed by atoms with Gasteiger partial charge in [0.1, 0.15) is 10.8 Å². The van der Waals surface area contributed by atoms with E-state index in [1.54, 1.807) is 6.20 Å². The predicted octanol–water partition coefficient (Wildman–Crippen LogP) is 3.54. The highest BCUT2D eigenvalue weighted by atomic mass is 35.5. The molecule has 1 heterocycles. The molecule has 0 saturated carbocycles. The fourth-order valence-corrected chi connectivity index (χ4v) is 2.17. The molecular weight excluding hydrogens is 278 g/mol. The number of nitrogens with two attached hydrogens (primary N) is 1. The van der Waals surface area contributed by atoms with Gasteiger partial charge in [-0.15, -0.1) is 0 Å². The molecule has 0 aliphatic carbocycles. The molecule has 19 heavy (non-hydrogen) atoms. The van der Waals surface area contributed by atoms with Crippen molar-refractivity contribution < 1.29 is 0 Å². The molecule has 5 heteroatoms. The Morgan fingerprint density at radius 3 is 2.63 bits per heavy atom. The lowest BCUT2D eigenvalue weighted by atomic mass is 10.1. The van der Waals surface area contributed by atoms with Gasteiger partial charge in [-0.2, -0.15) is 0 Å². The molecule has 1 atom stereocenters. The van der Waals surface area contributed by atoms with Crippen molar-refractivity contribution in [1.29, 1.82) is 0 Å². The van der Waals surface area contributed by atoms with E-state index < -0.39 is 0 Å². The van der Waals surface area contributed by atoms with E-state index in [0.29, 0.717) is 4.99 Å². The molecule has 0 fully saturated rings. The molecule has 2 rings (SSSR count). The second-order valence-electron chi connectivity index (χ2n) is 4.18. The van der Waals surface area contributed by atoms with Crippen LogP contribution < -0.4 is 11.1 Å². The summed E-state index contributed by atoms with van der Waals surface area (Å²) in [6.45, 7) is 2.03. The van der Waals surface area contributed by atoms with Gasteiger partial charge in [-0.05, 0) is 30.7 Å². The van der Waals surface area contributed by atoms with Crippen LogP contribution in [0.15, 0.2) is 42.6 Å². The number of hydrogen-bond donors (Lipinski definition) is 2. The molecule has 0 aliphatic heterocycles. The molecule has 0 saturated heterocycles. The molecule has 1 aromatic heterocycles. The molecule has 0 aliphatic rings. The van der Waals surface area contributed by atoms with Crippen LogP contribution in [0.2, 0.25) is 5.02 Å². The van der Waals surface area contributed by atoms with Gasteiger partial charge in [-0.25, -0.2) is 4.98 Å². The average molecular weight is 292 g/mol. The third kappa shape index (κ3) is 3.43. The summed E-state index contributed by atoms with van der Waals surface area (Å²) in [6.07, 6.45) is 1.66. The van der Waals surface area contributed by atoms with Crippen LogP contribution in [-0.4, -0.2) is 9.97 Å². The molecule has 0 amide bonds. The van der Waals surface area contributed by atoms with Crippen LogP contribution in [0.4, 0.5) is 5.82 Å². The van der Waals surface area contributed by atoms with Crippen LogP contribution in [0.1, 0.15) is 24.1 Å². The van der Waals surface area contributed by atoms with Crippen molar-refractivity contribution in [3.63, 3.8) is 0 Å². The number of pyridine rings is 1. The standard InChI is InChI=1S/C14H14ClN3S/c1-9(11-4-2-3-5-12(11)15)18-13-7-6-10(8-17-13)14(16)19/h2-9H,1H3,(H2,16,19)(H,17,18). The number of benzene rings is 1. The van der Waals surface area contributed by atoms with Crippen molar-refractivity contribution >= 4 is 34.6 Å². The SMILES string of the molecule is CC(Nc1ccc(C(N)=S)cn1)c1ccccc1Cl. The number of thiocarbonyl (C=S) groups is 1. The van der Waals surface area contributed by atoms with Crippen LogP contribution in [-0.2, 0) is 0 Å². The third-order valence-electron chi connectivity index (χ3n) is 2.78. The quantitative estimate of drug-likeness (QED) is 0.846. The zero-order valence-corrected chi connectivity index (χ0v) is 12.0. The molecule has 98 valence electrons. The van der Waals surface area contributed by atoms with E-state index in [4.69, 9.17) is 29.6 Å². The fraction of sp³-hybridized carbons (Fsp3) is 0.143. The predicted molar refractivity (Wildman–Crippen MR) is 83.6 cm³/mol. The highest BCUT2D eigenvalue weighted by Crippen LogP contribution is 2.24. The first kappa shape index (κ1) is 13.8. The second kappa shape index (κ2) is 5.99. The van der Waals surface area contributed by atoms with Gasteiger partial charge in [0.2, 0.25) is 0 Å². The topological polar surface area (TPSA) is 50.9 Å². The van der Waals surface area contributed by atoms with Crippen LogP contribution in [0.3, 0.4) is 0 Å². The Kier molecular flexibility index (Phi) is 4.35. The normalized spacial score (nSPS) is 11.9. The molecule has 1 unspecified atom stereocenters. The monoisotopic (exact) mass is 291 g/mol. The maximum atomic E-state index is 6.16. The van der Waals surface area contributed by atoms with E-state index >= 15 is 0 Å². The average Bonchev–Trinajstić information content (AvgIpc) is 2.39. The Hall–Kier alpha value is -1.65. The van der Waals surface area contributed by atoms with Crippen molar-refractivity contribution in [2.24, 2.45) is 5.73 Å². The Morgan fingerprint density at radius 1 is 1.32 bits per heavy atom. The summed E-state index contributed by atoms with van der Waals surface area (Å²) in [5, 5.41) is 4.02. The number of aromatic nitrogens is 1. The number of anilines is 1. The van der Waals surface area contributed by atoms with Crippen molar-refractivity contribution in [2.75, 3.05) is 5.32 Å². The first-order valence-corrected chi connectivity index (χ1v) is 6.63. The van der Waals surface area contributed by atoms with E-state index in [9.17, 15) is 0 Å². The van der Waals surface area contributed by atoms with Gasteiger partial charge < -0.3 is 11.1 Å². The lowest BCUT2D eigenvalue weighted by molar-refractivity contribution is 0.875. The maximum absolute atomic E-state index is 6.16. The lowest BCUT2D eigenvalue weighted by Gasteiger charge is -2.16. The van der Waals surface area contributed by atoms with E-state index in [1.165, 1.54) is 0 Å². The van der Waals surface area contributed by atoms with Gasteiger partial charge in [0.05, 0.1) is 6.04 Å². The third-order valence-corrected chi connectivity index (χ3v) is 3.36. The van der Waals surface area contributed by atoms with Crippen molar-refractivity contribution in [2.45, 2.75) is 13.0 Å². The van der Waals surface area contributed by atoms with Gasteiger partial charge in [0, 0.05) is 16.8 Å². The van der Waals surface area contributed by atoms with E-state index in [0.717, 1.165) is 22.0 Å². The Balaban J connectivity index is 2.13. The highest BCUT2D eigenvalue weighted by Gasteiger charge is 2.09. The number of nitrogens with one attached hydrogen (secondary N) is 1. The summed E-state index contributed by atoms with van der Waals surface area (Å²) in [4.78, 5) is 4.62. The molecule has 0 spiro atoms. The van der Waals surface area contributed by atoms with Gasteiger partial charge >= 0.3 is 0 Å². The zero-order chi connectivity index (χ0) is 13.8. The number of nitrogens with zero attached hydrogens (tertiary/aromatic N) is 1. The summed E-state index contributed by atoms with van der Waals surface area (Å²) < 4.78 is 0. The van der Waals surface area contributed by atoms with E-state index in [1.807, 2.05) is 43.3 Å². The molecule has 0 bridgehead atoms. The Morgan fingerprint density at radius 2 is 2.05 bits per heavy atom. The number of rotatable bonds is 4. The molecule has 3 N–H and O–H groups in total. The summed E-state index contributed by atoms with van der Waals surface area (Å²) >= 11 is 11.0. The minimum atomic E-state index is 0.0666. The van der Waals surface area contributed by atoms with Crippen LogP contribution in [0.5, 0.6) is 0 Å². The van der Waals surface area contributed by atoms with Crippen LogP contribution in [0, 0.1) is 0 Å². The molecule has 0 radical (unpaired) electrons. The first-order chi connectivity index (χ1) is 9.08. The number of hydrogen-bond acceptors (Lipinski definition) is 3. The lowest BCUT2D eigenvalue weighted by Crippen LogP contribution is -2.11. The van der Waals surface area contributed by atoms with E-state index in [-0.39, 0.29) is 6.04 Å². The Labute approximate surface area is 122 Å². The highest BCUT2D eigenvalue weighted by molar-refractivity contribution is 7.80. The second-order valence-corrected chi connectivity index (χ2v) is 5.03.